The summed E-state index contributed by atoms with van der Waals surface area (Å²) in [5.41, 5.74) is 0. The Balaban J connectivity index is 1.74. The van der Waals surface area contributed by atoms with Gasteiger partial charge in [0.05, 0.1) is 6.10 Å². The summed E-state index contributed by atoms with van der Waals surface area (Å²) in [4.78, 5) is 25.2. The maximum atomic E-state index is 11.8. The molecule has 2 unspecified atom stereocenters. The molecule has 6 nitrogen and oxygen atoms in total. The molecule has 2 atom stereocenters. The van der Waals surface area contributed by atoms with Crippen LogP contribution in [0.15, 0.2) is 0 Å². The highest BCUT2D eigenvalue weighted by Crippen LogP contribution is 2.19. The molecule has 0 aliphatic carbocycles. The molecule has 2 fully saturated rings. The molecule has 2 amide bonds. The number of carbonyl (C=O) groups is 2. The van der Waals surface area contributed by atoms with Gasteiger partial charge >= 0.3 is 11.8 Å². The molecular formula is C12H21N3O3. The third-order valence-corrected chi connectivity index (χ3v) is 3.66. The molecule has 0 aromatic heterocycles. The van der Waals surface area contributed by atoms with Crippen molar-refractivity contribution in [1.29, 1.82) is 0 Å². The molecule has 0 aromatic carbocycles. The van der Waals surface area contributed by atoms with E-state index >= 15 is 0 Å². The van der Waals surface area contributed by atoms with Crippen molar-refractivity contribution < 1.29 is 14.3 Å². The van der Waals surface area contributed by atoms with E-state index in [1.807, 2.05) is 6.92 Å². The average molecular weight is 255 g/mol. The Bertz CT molecular complexity index is 316. The normalized spacial score (nSPS) is 28.2. The third kappa shape index (κ3) is 3.20. The fourth-order valence-corrected chi connectivity index (χ4v) is 2.36. The van der Waals surface area contributed by atoms with Crippen LogP contribution in [-0.4, -0.2) is 62.1 Å². The molecule has 0 aromatic rings. The summed E-state index contributed by atoms with van der Waals surface area (Å²) in [6.45, 7) is 6.00. The second-order valence-corrected chi connectivity index (χ2v) is 4.88. The first-order chi connectivity index (χ1) is 8.68. The lowest BCUT2D eigenvalue weighted by Gasteiger charge is -2.27. The van der Waals surface area contributed by atoms with E-state index in [1.54, 1.807) is 4.90 Å². The number of piperazine rings is 1. The minimum atomic E-state index is -0.490. The summed E-state index contributed by atoms with van der Waals surface area (Å²) in [5, 5.41) is 5.87. The number of carbonyl (C=O) groups excluding carboxylic acids is 2. The Morgan fingerprint density at radius 1 is 1.39 bits per heavy atom. The van der Waals surface area contributed by atoms with E-state index in [1.165, 1.54) is 0 Å². The fourth-order valence-electron chi connectivity index (χ4n) is 2.36. The number of ether oxygens (including phenoxy) is 1. The van der Waals surface area contributed by atoms with Crippen molar-refractivity contribution in [2.45, 2.75) is 19.4 Å². The van der Waals surface area contributed by atoms with Crippen LogP contribution in [0.1, 0.15) is 13.3 Å². The zero-order valence-corrected chi connectivity index (χ0v) is 10.8. The first-order valence-corrected chi connectivity index (χ1v) is 6.58. The van der Waals surface area contributed by atoms with Gasteiger partial charge in [0.2, 0.25) is 0 Å². The summed E-state index contributed by atoms with van der Waals surface area (Å²) < 4.78 is 5.42. The number of nitrogens with zero attached hydrogens (tertiary/aromatic N) is 1. The highest BCUT2D eigenvalue weighted by Gasteiger charge is 2.27. The number of rotatable bonds is 2. The highest BCUT2D eigenvalue weighted by atomic mass is 16.5. The van der Waals surface area contributed by atoms with E-state index in [0.29, 0.717) is 25.6 Å². The topological polar surface area (TPSA) is 70.7 Å². The second kappa shape index (κ2) is 6.15. The second-order valence-electron chi connectivity index (χ2n) is 4.88. The zero-order chi connectivity index (χ0) is 13.0. The Labute approximate surface area is 107 Å². The summed E-state index contributed by atoms with van der Waals surface area (Å²) in [5.74, 6) is -0.580. The molecule has 2 N–H and O–H groups in total. The van der Waals surface area contributed by atoms with Crippen LogP contribution < -0.4 is 10.6 Å². The van der Waals surface area contributed by atoms with Crippen molar-refractivity contribution in [2.24, 2.45) is 5.92 Å². The van der Waals surface area contributed by atoms with Gasteiger partial charge in [0.15, 0.2) is 0 Å². The predicted molar refractivity (Wildman–Crippen MR) is 66.0 cm³/mol. The van der Waals surface area contributed by atoms with Gasteiger partial charge in [0, 0.05) is 45.2 Å². The van der Waals surface area contributed by atoms with Gasteiger partial charge in [-0.1, -0.05) is 0 Å². The molecular weight excluding hydrogens is 234 g/mol. The van der Waals surface area contributed by atoms with Crippen LogP contribution in [0.4, 0.5) is 0 Å². The Morgan fingerprint density at radius 3 is 2.72 bits per heavy atom. The number of nitrogens with one attached hydrogen (secondary N) is 2. The summed E-state index contributed by atoms with van der Waals surface area (Å²) in [6, 6.07) is 0. The Hall–Kier alpha value is -1.14. The van der Waals surface area contributed by atoms with E-state index in [0.717, 1.165) is 26.1 Å². The number of hydrogen-bond acceptors (Lipinski definition) is 4. The minimum absolute atomic E-state index is 0.166. The summed E-state index contributed by atoms with van der Waals surface area (Å²) >= 11 is 0. The lowest BCUT2D eigenvalue weighted by Crippen LogP contribution is -2.51. The summed E-state index contributed by atoms with van der Waals surface area (Å²) in [6.07, 6.45) is 1.11. The summed E-state index contributed by atoms with van der Waals surface area (Å²) in [7, 11) is 0. The maximum Gasteiger partial charge on any atom is 0.311 e. The van der Waals surface area contributed by atoms with E-state index in [9.17, 15) is 9.59 Å². The molecule has 2 rings (SSSR count). The molecule has 2 heterocycles. The van der Waals surface area contributed by atoms with Crippen LogP contribution in [0.5, 0.6) is 0 Å². The molecule has 0 saturated carbocycles. The number of amides is 2. The highest BCUT2D eigenvalue weighted by molar-refractivity contribution is 6.35. The SMILES string of the molecule is CC1OCCC1CNC(=O)C(=O)N1CCNCC1. The lowest BCUT2D eigenvalue weighted by molar-refractivity contribution is -0.146. The van der Waals surface area contributed by atoms with Gasteiger partial charge in [-0.15, -0.1) is 0 Å². The predicted octanol–water partition coefficient (Wildman–Crippen LogP) is -1.04. The Kier molecular flexibility index (Phi) is 4.54. The van der Waals surface area contributed by atoms with Crippen LogP contribution in [-0.2, 0) is 14.3 Å². The molecule has 0 radical (unpaired) electrons. The van der Waals surface area contributed by atoms with E-state index < -0.39 is 11.8 Å². The lowest BCUT2D eigenvalue weighted by atomic mass is 10.0. The molecule has 2 saturated heterocycles. The van der Waals surface area contributed by atoms with Crippen molar-refractivity contribution in [3.05, 3.63) is 0 Å². The number of hydrogen-bond donors (Lipinski definition) is 2. The van der Waals surface area contributed by atoms with Crippen LogP contribution in [0.3, 0.4) is 0 Å². The molecule has 2 aliphatic rings. The van der Waals surface area contributed by atoms with Crippen molar-refractivity contribution in [2.75, 3.05) is 39.3 Å². The van der Waals surface area contributed by atoms with Gasteiger partial charge in [-0.05, 0) is 13.3 Å². The average Bonchev–Trinajstić information content (AvgIpc) is 2.81. The largest absolute Gasteiger partial charge is 0.378 e. The van der Waals surface area contributed by atoms with Gasteiger partial charge in [-0.3, -0.25) is 9.59 Å². The van der Waals surface area contributed by atoms with Crippen LogP contribution in [0.2, 0.25) is 0 Å². The molecule has 18 heavy (non-hydrogen) atoms. The Morgan fingerprint density at radius 2 is 2.11 bits per heavy atom. The standard InChI is InChI=1S/C12H21N3O3/c1-9-10(2-7-18-9)8-14-11(16)12(17)15-5-3-13-4-6-15/h9-10,13H,2-8H2,1H3,(H,14,16). The van der Waals surface area contributed by atoms with E-state index in [-0.39, 0.29) is 6.10 Å². The molecule has 0 bridgehead atoms. The van der Waals surface area contributed by atoms with Crippen LogP contribution in [0.25, 0.3) is 0 Å². The van der Waals surface area contributed by atoms with E-state index in [4.69, 9.17) is 4.74 Å². The van der Waals surface area contributed by atoms with E-state index in [2.05, 4.69) is 10.6 Å². The van der Waals surface area contributed by atoms with Gasteiger partial charge in [0.25, 0.3) is 0 Å². The molecule has 102 valence electrons. The van der Waals surface area contributed by atoms with Crippen molar-refractivity contribution >= 4 is 11.8 Å². The van der Waals surface area contributed by atoms with Crippen molar-refractivity contribution in [3.63, 3.8) is 0 Å². The smallest absolute Gasteiger partial charge is 0.311 e. The fraction of sp³-hybridized carbons (Fsp3) is 0.833. The molecule has 0 spiro atoms. The maximum absolute atomic E-state index is 11.8. The van der Waals surface area contributed by atoms with Gasteiger partial charge in [-0.2, -0.15) is 0 Å². The molecule has 6 heteroatoms. The first-order valence-electron chi connectivity index (χ1n) is 6.58. The first kappa shape index (κ1) is 13.3. The van der Waals surface area contributed by atoms with Crippen LogP contribution >= 0.6 is 0 Å². The van der Waals surface area contributed by atoms with Gasteiger partial charge in [-0.25, -0.2) is 0 Å². The van der Waals surface area contributed by atoms with Gasteiger partial charge < -0.3 is 20.3 Å². The quantitative estimate of drug-likeness (QED) is 0.618. The monoisotopic (exact) mass is 255 g/mol. The van der Waals surface area contributed by atoms with Gasteiger partial charge in [0.1, 0.15) is 0 Å². The van der Waals surface area contributed by atoms with Crippen molar-refractivity contribution in [3.8, 4) is 0 Å². The van der Waals surface area contributed by atoms with Crippen molar-refractivity contribution in [1.82, 2.24) is 15.5 Å². The molecule has 2 aliphatic heterocycles. The zero-order valence-electron chi connectivity index (χ0n) is 10.8. The minimum Gasteiger partial charge on any atom is -0.378 e. The third-order valence-electron chi connectivity index (χ3n) is 3.66. The van der Waals surface area contributed by atoms with Crippen LogP contribution in [0, 0.1) is 5.92 Å².